The molecule has 6 nitrogen and oxygen atoms in total. The van der Waals surface area contributed by atoms with Gasteiger partial charge >= 0.3 is 0 Å². The average molecular weight is 571 g/mol. The summed E-state index contributed by atoms with van der Waals surface area (Å²) >= 11 is 11.8. The number of ether oxygens (including phenoxy) is 2. The van der Waals surface area contributed by atoms with Gasteiger partial charge in [0.1, 0.15) is 18.1 Å². The molecular weight excluding hydrogens is 538 g/mol. The van der Waals surface area contributed by atoms with Crippen LogP contribution in [0.3, 0.4) is 0 Å². The first-order chi connectivity index (χ1) is 17.5. The van der Waals surface area contributed by atoms with Gasteiger partial charge in [-0.2, -0.15) is 0 Å². The largest absolute Gasteiger partial charge is 0.450 e. The van der Waals surface area contributed by atoms with E-state index in [0.717, 1.165) is 6.04 Å². The van der Waals surface area contributed by atoms with Crippen molar-refractivity contribution in [2.45, 2.75) is 51.7 Å². The zero-order valence-electron chi connectivity index (χ0n) is 21.3. The monoisotopic (exact) mass is 570 g/mol. The topological polar surface area (TPSA) is 76.7 Å². The van der Waals surface area contributed by atoms with Crippen LogP contribution in [-0.4, -0.2) is 52.5 Å². The lowest BCUT2D eigenvalue weighted by Crippen LogP contribution is -2.22. The van der Waals surface area contributed by atoms with Gasteiger partial charge in [-0.25, -0.2) is 13.8 Å². The zero-order chi connectivity index (χ0) is 27.2. The molecule has 0 aliphatic carbocycles. The summed E-state index contributed by atoms with van der Waals surface area (Å²) in [4.78, 5) is 4.90. The van der Waals surface area contributed by atoms with Gasteiger partial charge in [0, 0.05) is 46.7 Å². The second kappa shape index (κ2) is 13.2. The van der Waals surface area contributed by atoms with Gasteiger partial charge in [0.2, 0.25) is 0 Å². The Kier molecular flexibility index (Phi) is 10.6. The smallest absolute Gasteiger partial charge is 0.198 e. The molecule has 3 rings (SSSR count). The normalized spacial score (nSPS) is 12.8. The maximum atomic E-state index is 15.0. The molecule has 2 heterocycles. The second-order valence-corrected chi connectivity index (χ2v) is 16.9. The van der Waals surface area contributed by atoms with Crippen LogP contribution in [0.25, 0.3) is 11.0 Å². The summed E-state index contributed by atoms with van der Waals surface area (Å²) in [7, 11) is -1.23. The van der Waals surface area contributed by atoms with Crippen molar-refractivity contribution in [2.75, 3.05) is 19.8 Å². The van der Waals surface area contributed by atoms with Crippen LogP contribution >= 0.6 is 23.8 Å². The molecule has 0 fully saturated rings. The van der Waals surface area contributed by atoms with Crippen molar-refractivity contribution in [3.05, 3.63) is 52.8 Å². The first-order valence-electron chi connectivity index (χ1n) is 12.1. The molecular formula is C26H33ClF2N2O4SSi. The van der Waals surface area contributed by atoms with Crippen molar-refractivity contribution < 1.29 is 28.5 Å². The molecule has 1 atom stereocenters. The van der Waals surface area contributed by atoms with E-state index >= 15 is 0 Å². The van der Waals surface area contributed by atoms with Gasteiger partial charge in [-0.1, -0.05) is 43.5 Å². The van der Waals surface area contributed by atoms with Crippen molar-refractivity contribution in [2.24, 2.45) is 5.92 Å². The fourth-order valence-corrected chi connectivity index (χ4v) is 5.30. The van der Waals surface area contributed by atoms with Gasteiger partial charge in [-0.3, -0.25) is 0 Å². The highest BCUT2D eigenvalue weighted by molar-refractivity contribution is 7.80. The third-order valence-corrected chi connectivity index (χ3v) is 8.18. The molecule has 0 aliphatic rings. The van der Waals surface area contributed by atoms with Crippen molar-refractivity contribution in [3.8, 4) is 11.5 Å². The Hall–Kier alpha value is -1.95. The lowest BCUT2D eigenvalue weighted by atomic mass is 9.97. The Bertz CT molecular complexity index is 1210. The molecule has 1 aromatic carbocycles. The van der Waals surface area contributed by atoms with E-state index in [2.05, 4.69) is 24.6 Å². The highest BCUT2D eigenvalue weighted by atomic mass is 35.5. The highest BCUT2D eigenvalue weighted by Crippen LogP contribution is 2.37. The number of aromatic nitrogens is 2. The van der Waals surface area contributed by atoms with E-state index in [1.807, 2.05) is 0 Å². The highest BCUT2D eigenvalue weighted by Gasteiger charge is 2.20. The molecule has 11 heteroatoms. The molecule has 2 N–H and O–H groups in total. The molecule has 0 radical (unpaired) electrons. The summed E-state index contributed by atoms with van der Waals surface area (Å²) in [6.45, 7) is 7.50. The van der Waals surface area contributed by atoms with Crippen molar-refractivity contribution in [1.29, 1.82) is 0 Å². The molecule has 202 valence electrons. The number of rotatable bonds is 14. The first kappa shape index (κ1) is 29.6. The SMILES string of the molecule is C[Si](C)(C)CCOCn1cc(Cl)c2c(Oc3c(F)cc(CC(=S)CC(CO)CCO)cc3F)ccnc21. The molecule has 2 aromatic heterocycles. The van der Waals surface area contributed by atoms with Gasteiger partial charge in [-0.15, -0.1) is 0 Å². The number of benzene rings is 1. The van der Waals surface area contributed by atoms with Gasteiger partial charge < -0.3 is 24.3 Å². The number of nitrogens with zero attached hydrogens (tertiary/aromatic N) is 2. The third kappa shape index (κ3) is 8.26. The fraction of sp³-hybridized carbons (Fsp3) is 0.462. The Morgan fingerprint density at radius 1 is 1.22 bits per heavy atom. The predicted octanol–water partition coefficient (Wildman–Crippen LogP) is 6.37. The number of hydrogen-bond acceptors (Lipinski definition) is 6. The molecule has 0 amide bonds. The molecule has 0 saturated heterocycles. The van der Waals surface area contributed by atoms with Crippen LogP contribution in [0.15, 0.2) is 30.6 Å². The minimum Gasteiger partial charge on any atom is -0.450 e. The molecule has 37 heavy (non-hydrogen) atoms. The molecule has 1 unspecified atom stereocenters. The van der Waals surface area contributed by atoms with Crippen LogP contribution in [0.1, 0.15) is 18.4 Å². The van der Waals surface area contributed by atoms with Gasteiger partial charge in [-0.05, 0) is 53.4 Å². The molecule has 0 aliphatic heterocycles. The van der Waals surface area contributed by atoms with Gasteiger partial charge in [0.15, 0.2) is 17.4 Å². The third-order valence-electron chi connectivity index (χ3n) is 5.88. The Morgan fingerprint density at radius 3 is 2.54 bits per heavy atom. The maximum absolute atomic E-state index is 15.0. The average Bonchev–Trinajstić information content (AvgIpc) is 3.14. The fourth-order valence-electron chi connectivity index (χ4n) is 3.85. The van der Waals surface area contributed by atoms with Gasteiger partial charge in [0.25, 0.3) is 0 Å². The van der Waals surface area contributed by atoms with E-state index in [-0.39, 0.29) is 38.0 Å². The summed E-state index contributed by atoms with van der Waals surface area (Å²) in [6.07, 6.45) is 4.09. The quantitative estimate of drug-likeness (QED) is 0.133. The number of aliphatic hydroxyl groups is 2. The second-order valence-electron chi connectivity index (χ2n) is 10.3. The first-order valence-corrected chi connectivity index (χ1v) is 16.6. The summed E-state index contributed by atoms with van der Waals surface area (Å²) in [5.41, 5.74) is 0.840. The Labute approximate surface area is 227 Å². The summed E-state index contributed by atoms with van der Waals surface area (Å²) in [6, 6.07) is 4.89. The van der Waals surface area contributed by atoms with E-state index in [4.69, 9.17) is 38.4 Å². The standard InChI is InChI=1S/C26H33ClF2N2O4SSi/c1-37(2,3)9-8-34-16-31-14-20(27)24-23(4-6-30-26(24)31)35-25-21(28)12-18(13-22(25)29)11-19(36)10-17(15-33)5-7-32/h4,6,12-14,17,32-33H,5,7-11,15-16H2,1-3H3. The van der Waals surface area contributed by atoms with E-state index in [0.29, 0.717) is 45.9 Å². The molecule has 0 spiro atoms. The van der Waals surface area contributed by atoms with Crippen LogP contribution in [0.5, 0.6) is 11.5 Å². The van der Waals surface area contributed by atoms with Crippen LogP contribution in [0, 0.1) is 17.6 Å². The number of thiocarbonyl (C=S) groups is 1. The Balaban J connectivity index is 1.76. The summed E-state index contributed by atoms with van der Waals surface area (Å²) < 4.78 is 43.1. The molecule has 0 bridgehead atoms. The number of halogens is 3. The van der Waals surface area contributed by atoms with Crippen LogP contribution in [-0.2, 0) is 17.9 Å². The number of fused-ring (bicyclic) bond motifs is 1. The van der Waals surface area contributed by atoms with E-state index in [1.165, 1.54) is 24.4 Å². The van der Waals surface area contributed by atoms with Crippen molar-refractivity contribution >= 4 is 47.8 Å². The minimum absolute atomic E-state index is 0.0650. The van der Waals surface area contributed by atoms with Crippen LogP contribution in [0.2, 0.25) is 30.7 Å². The predicted molar refractivity (Wildman–Crippen MR) is 148 cm³/mol. The van der Waals surface area contributed by atoms with Crippen molar-refractivity contribution in [3.63, 3.8) is 0 Å². The van der Waals surface area contributed by atoms with Crippen LogP contribution in [0.4, 0.5) is 8.78 Å². The van der Waals surface area contributed by atoms with Crippen LogP contribution < -0.4 is 4.74 Å². The van der Waals surface area contributed by atoms with E-state index in [9.17, 15) is 13.9 Å². The molecule has 3 aromatic rings. The van der Waals surface area contributed by atoms with Crippen molar-refractivity contribution in [1.82, 2.24) is 9.55 Å². The lowest BCUT2D eigenvalue weighted by molar-refractivity contribution is 0.0899. The number of pyridine rings is 1. The summed E-state index contributed by atoms with van der Waals surface area (Å²) in [5, 5.41) is 19.2. The number of aliphatic hydroxyl groups excluding tert-OH is 2. The zero-order valence-corrected chi connectivity index (χ0v) is 23.8. The Morgan fingerprint density at radius 2 is 1.92 bits per heavy atom. The maximum Gasteiger partial charge on any atom is 0.198 e. The number of hydrogen-bond donors (Lipinski definition) is 2. The summed E-state index contributed by atoms with van der Waals surface area (Å²) in [5.74, 6) is -2.31. The lowest BCUT2D eigenvalue weighted by Gasteiger charge is -2.15. The van der Waals surface area contributed by atoms with Gasteiger partial charge in [0.05, 0.1) is 10.4 Å². The van der Waals surface area contributed by atoms with E-state index < -0.39 is 25.5 Å². The van der Waals surface area contributed by atoms with E-state index in [1.54, 1.807) is 10.8 Å². The molecule has 0 saturated carbocycles. The minimum atomic E-state index is -1.23.